The fourth-order valence-electron chi connectivity index (χ4n) is 5.57. The lowest BCUT2D eigenvalue weighted by Gasteiger charge is -2.42. The molecule has 0 bridgehead atoms. The first-order chi connectivity index (χ1) is 16.7. The van der Waals surface area contributed by atoms with Crippen LogP contribution in [0.1, 0.15) is 81.3 Å². The number of aliphatic hydroxyl groups excluding tert-OH is 1. The highest BCUT2D eigenvalue weighted by atomic mass is 16.3. The second kappa shape index (κ2) is 11.9. The van der Waals surface area contributed by atoms with Gasteiger partial charge in [0.1, 0.15) is 0 Å². The SMILES string of the molecule is CCC#CNC(C)C(N=C(N)CCC)C1(C)C(O)C(NC(=O)c2cccc3c2CCCC3)CN1C. The number of nitrogens with two attached hydrogens (primary N) is 1. The Bertz CT molecular complexity index is 981. The lowest BCUT2D eigenvalue weighted by atomic mass is 9.82. The van der Waals surface area contributed by atoms with Crippen molar-refractivity contribution in [3.63, 3.8) is 0 Å². The van der Waals surface area contributed by atoms with Gasteiger partial charge in [-0.3, -0.25) is 14.7 Å². The molecule has 0 spiro atoms. The first kappa shape index (κ1) is 27.0. The number of nitrogens with zero attached hydrogens (tertiary/aromatic N) is 2. The van der Waals surface area contributed by atoms with E-state index in [2.05, 4.69) is 40.5 Å². The Morgan fingerprint density at radius 2 is 2.09 bits per heavy atom. The Hall–Kier alpha value is -2.56. The minimum absolute atomic E-state index is 0.115. The van der Waals surface area contributed by atoms with Crippen LogP contribution < -0.4 is 16.4 Å². The summed E-state index contributed by atoms with van der Waals surface area (Å²) in [5, 5.41) is 18.0. The molecule has 1 aromatic rings. The highest BCUT2D eigenvalue weighted by Crippen LogP contribution is 2.35. The third-order valence-electron chi connectivity index (χ3n) is 7.68. The van der Waals surface area contributed by atoms with E-state index in [9.17, 15) is 9.90 Å². The molecule has 2 aliphatic rings. The van der Waals surface area contributed by atoms with E-state index in [4.69, 9.17) is 10.7 Å². The second-order valence-corrected chi connectivity index (χ2v) is 10.2. The number of hydrogen-bond acceptors (Lipinski definition) is 5. The number of carbonyl (C=O) groups is 1. The molecule has 1 aromatic carbocycles. The van der Waals surface area contributed by atoms with Crippen molar-refractivity contribution in [3.05, 3.63) is 34.9 Å². The van der Waals surface area contributed by atoms with Gasteiger partial charge in [0.05, 0.1) is 35.6 Å². The summed E-state index contributed by atoms with van der Waals surface area (Å²) in [6.45, 7) is 8.61. The van der Waals surface area contributed by atoms with Crippen molar-refractivity contribution < 1.29 is 9.90 Å². The summed E-state index contributed by atoms with van der Waals surface area (Å²) in [4.78, 5) is 20.3. The van der Waals surface area contributed by atoms with Gasteiger partial charge in [0.15, 0.2) is 0 Å². The standard InChI is InChI=1S/C28H43N5O2/c1-6-8-17-30-19(3)25(32-24(29)12-7-2)28(4)26(34)23(18-33(28)5)31-27(35)22-16-11-14-20-13-9-10-15-21(20)22/h11,14,16,19,23,25-26,30,34H,6-7,9-10,12-13,15,18H2,1-5H3,(H2,29,32)(H,31,35). The van der Waals surface area contributed by atoms with Crippen molar-refractivity contribution in [2.75, 3.05) is 13.6 Å². The van der Waals surface area contributed by atoms with Gasteiger partial charge in [-0.05, 0) is 70.2 Å². The molecule has 0 aromatic heterocycles. The minimum atomic E-state index is -0.831. The molecule has 192 valence electrons. The van der Waals surface area contributed by atoms with Gasteiger partial charge >= 0.3 is 0 Å². The van der Waals surface area contributed by atoms with Gasteiger partial charge in [-0.2, -0.15) is 0 Å². The van der Waals surface area contributed by atoms with Crippen LogP contribution in [0, 0.1) is 12.0 Å². The summed E-state index contributed by atoms with van der Waals surface area (Å²) in [7, 11) is 1.97. The Morgan fingerprint density at radius 1 is 1.34 bits per heavy atom. The van der Waals surface area contributed by atoms with Crippen LogP contribution in [0.3, 0.4) is 0 Å². The Balaban J connectivity index is 1.86. The van der Waals surface area contributed by atoms with Crippen molar-refractivity contribution >= 4 is 11.7 Å². The number of likely N-dealkylation sites (N-methyl/N-ethyl adjacent to an activating group) is 1. The zero-order chi connectivity index (χ0) is 25.6. The van der Waals surface area contributed by atoms with Crippen molar-refractivity contribution in [1.29, 1.82) is 0 Å². The Morgan fingerprint density at radius 3 is 2.80 bits per heavy atom. The van der Waals surface area contributed by atoms with Crippen molar-refractivity contribution in [1.82, 2.24) is 15.5 Å². The van der Waals surface area contributed by atoms with E-state index in [1.165, 1.54) is 12.0 Å². The minimum Gasteiger partial charge on any atom is -0.389 e. The van der Waals surface area contributed by atoms with Crippen LogP contribution in [0.5, 0.6) is 0 Å². The van der Waals surface area contributed by atoms with Crippen molar-refractivity contribution in [2.24, 2.45) is 10.7 Å². The number of aryl methyl sites for hydroxylation is 1. The van der Waals surface area contributed by atoms with Gasteiger partial charge in [-0.1, -0.05) is 31.9 Å². The first-order valence-corrected chi connectivity index (χ1v) is 13.1. The number of rotatable bonds is 8. The van der Waals surface area contributed by atoms with Crippen LogP contribution in [0.4, 0.5) is 0 Å². The number of aliphatic hydroxyl groups is 1. The molecule has 7 nitrogen and oxygen atoms in total. The van der Waals surface area contributed by atoms with E-state index >= 15 is 0 Å². The summed E-state index contributed by atoms with van der Waals surface area (Å²) in [5.74, 6) is 3.50. The van der Waals surface area contributed by atoms with Crippen molar-refractivity contribution in [3.8, 4) is 12.0 Å². The molecule has 3 rings (SSSR count). The summed E-state index contributed by atoms with van der Waals surface area (Å²) in [6.07, 6.45) is 5.74. The molecule has 0 saturated carbocycles. The molecule has 1 fully saturated rings. The molecule has 1 aliphatic carbocycles. The van der Waals surface area contributed by atoms with Crippen LogP contribution in [0.2, 0.25) is 0 Å². The quantitative estimate of drug-likeness (QED) is 0.198. The number of hydrogen-bond donors (Lipinski definition) is 4. The predicted molar refractivity (Wildman–Crippen MR) is 142 cm³/mol. The molecular formula is C28H43N5O2. The fraction of sp³-hybridized carbons (Fsp3) is 0.643. The summed E-state index contributed by atoms with van der Waals surface area (Å²) in [5.41, 5.74) is 8.68. The third-order valence-corrected chi connectivity index (χ3v) is 7.68. The average Bonchev–Trinajstić information content (AvgIpc) is 3.06. The maximum Gasteiger partial charge on any atom is 0.251 e. The molecule has 1 heterocycles. The molecule has 7 heteroatoms. The van der Waals surface area contributed by atoms with Crippen LogP contribution in [0.15, 0.2) is 23.2 Å². The first-order valence-electron chi connectivity index (χ1n) is 13.1. The molecule has 1 saturated heterocycles. The van der Waals surface area contributed by atoms with E-state index in [0.717, 1.165) is 43.2 Å². The topological polar surface area (TPSA) is 103 Å². The Labute approximate surface area is 210 Å². The average molecular weight is 482 g/mol. The molecule has 1 amide bonds. The zero-order valence-corrected chi connectivity index (χ0v) is 22.0. The summed E-state index contributed by atoms with van der Waals surface area (Å²) < 4.78 is 0. The molecular weight excluding hydrogens is 438 g/mol. The Kier molecular flexibility index (Phi) is 9.21. The molecule has 5 atom stereocenters. The summed E-state index contributed by atoms with van der Waals surface area (Å²) >= 11 is 0. The van der Waals surface area contributed by atoms with E-state index in [1.807, 2.05) is 40.0 Å². The highest BCUT2D eigenvalue weighted by molar-refractivity contribution is 5.96. The zero-order valence-electron chi connectivity index (χ0n) is 22.0. The number of fused-ring (bicyclic) bond motifs is 1. The number of carbonyl (C=O) groups excluding carboxylic acids is 1. The van der Waals surface area contributed by atoms with Crippen LogP contribution in [-0.4, -0.2) is 65.1 Å². The normalized spacial score (nSPS) is 26.3. The number of benzene rings is 1. The van der Waals surface area contributed by atoms with E-state index in [1.54, 1.807) is 0 Å². The lowest BCUT2D eigenvalue weighted by Crippen LogP contribution is -2.62. The smallest absolute Gasteiger partial charge is 0.251 e. The second-order valence-electron chi connectivity index (χ2n) is 10.2. The predicted octanol–water partition coefficient (Wildman–Crippen LogP) is 2.60. The molecule has 5 N–H and O–H groups in total. The molecule has 1 aliphatic heterocycles. The number of nitrogens with one attached hydrogen (secondary N) is 2. The van der Waals surface area contributed by atoms with Crippen molar-refractivity contribution in [2.45, 2.75) is 102 Å². The van der Waals surface area contributed by atoms with Crippen LogP contribution in [0.25, 0.3) is 0 Å². The van der Waals surface area contributed by atoms with Gasteiger partial charge in [0.2, 0.25) is 0 Å². The maximum absolute atomic E-state index is 13.4. The van der Waals surface area contributed by atoms with Gasteiger partial charge in [0.25, 0.3) is 5.91 Å². The van der Waals surface area contributed by atoms with Gasteiger partial charge < -0.3 is 21.5 Å². The molecule has 0 radical (unpaired) electrons. The third kappa shape index (κ3) is 5.82. The van der Waals surface area contributed by atoms with E-state index < -0.39 is 17.7 Å². The largest absolute Gasteiger partial charge is 0.389 e. The summed E-state index contributed by atoms with van der Waals surface area (Å²) in [6, 6.07) is 8.07. The highest BCUT2D eigenvalue weighted by Gasteiger charge is 2.55. The number of aliphatic imine (C=N–C) groups is 1. The number of amides is 1. The van der Waals surface area contributed by atoms with Crippen LogP contribution >= 0.6 is 0 Å². The monoisotopic (exact) mass is 481 g/mol. The van der Waals surface area contributed by atoms with E-state index in [-0.39, 0.29) is 18.0 Å². The van der Waals surface area contributed by atoms with E-state index in [0.29, 0.717) is 18.8 Å². The molecule has 35 heavy (non-hydrogen) atoms. The molecule has 5 unspecified atom stereocenters. The lowest BCUT2D eigenvalue weighted by molar-refractivity contribution is 0.0204. The van der Waals surface area contributed by atoms with Gasteiger partial charge in [-0.25, -0.2) is 0 Å². The fourth-order valence-corrected chi connectivity index (χ4v) is 5.57. The maximum atomic E-state index is 13.4. The van der Waals surface area contributed by atoms with Gasteiger partial charge in [-0.15, -0.1) is 0 Å². The number of amidine groups is 1. The van der Waals surface area contributed by atoms with Crippen LogP contribution in [-0.2, 0) is 12.8 Å². The number of likely N-dealkylation sites (tertiary alicyclic amines) is 1. The van der Waals surface area contributed by atoms with Gasteiger partial charge in [0, 0.05) is 31.0 Å².